The lowest BCUT2D eigenvalue weighted by molar-refractivity contribution is -0.365. The third kappa shape index (κ3) is 4.15. The average Bonchev–Trinajstić information content (AvgIpc) is 3.00. The van der Waals surface area contributed by atoms with E-state index in [1.54, 1.807) is 0 Å². The Morgan fingerprint density at radius 1 is 1.15 bits per heavy atom. The molecule has 180 valence electrons. The van der Waals surface area contributed by atoms with Gasteiger partial charge in [-0.1, -0.05) is 48.9 Å². The number of allylic oxidation sites excluding steroid dienone is 2. The normalized spacial score (nSPS) is 34.6. The maximum absolute atomic E-state index is 12.1. The van der Waals surface area contributed by atoms with Gasteiger partial charge in [-0.25, -0.2) is 14.4 Å². The lowest BCUT2D eigenvalue weighted by atomic mass is 9.75. The van der Waals surface area contributed by atoms with Crippen LogP contribution in [0, 0.1) is 5.92 Å². The van der Waals surface area contributed by atoms with Crippen molar-refractivity contribution in [3.05, 3.63) is 47.5 Å². The zero-order valence-corrected chi connectivity index (χ0v) is 18.3. The predicted octanol–water partition coefficient (Wildman–Crippen LogP) is 1.19. The Morgan fingerprint density at radius 3 is 2.33 bits per heavy atom. The van der Waals surface area contributed by atoms with E-state index < -0.39 is 53.5 Å². The van der Waals surface area contributed by atoms with Crippen molar-refractivity contribution in [2.75, 3.05) is 0 Å². The highest BCUT2D eigenvalue weighted by atomic mass is 16.8. The van der Waals surface area contributed by atoms with Crippen LogP contribution in [0.25, 0.3) is 0 Å². The SMILES string of the molecule is C/C(=C\[C@@H](C)Cc1ccccc1)CC[C@@]12C[C@@H](O)[C@@](C(=O)O)(O1)[C@](O)(C(=O)O)[C@@H](C(=O)O)O2. The van der Waals surface area contributed by atoms with E-state index in [9.17, 15) is 39.9 Å². The van der Waals surface area contributed by atoms with Crippen molar-refractivity contribution in [2.24, 2.45) is 5.92 Å². The zero-order chi connectivity index (χ0) is 24.6. The molecule has 2 bridgehead atoms. The lowest BCUT2D eigenvalue weighted by Gasteiger charge is -2.48. The Balaban J connectivity index is 1.83. The molecule has 1 aromatic rings. The molecule has 2 aliphatic rings. The molecule has 0 unspecified atom stereocenters. The minimum absolute atomic E-state index is 0.0427. The predicted molar refractivity (Wildman–Crippen MR) is 112 cm³/mol. The summed E-state index contributed by atoms with van der Waals surface area (Å²) in [6.07, 6.45) is -1.90. The number of carboxylic acids is 3. The molecule has 2 heterocycles. The highest BCUT2D eigenvalue weighted by Crippen LogP contribution is 2.54. The van der Waals surface area contributed by atoms with Gasteiger partial charge in [-0.2, -0.15) is 0 Å². The molecular weight excluding hydrogens is 436 g/mol. The number of aliphatic hydroxyl groups is 2. The summed E-state index contributed by atoms with van der Waals surface area (Å²) in [5.41, 5.74) is -4.58. The molecule has 2 fully saturated rings. The van der Waals surface area contributed by atoms with Gasteiger partial charge < -0.3 is 35.0 Å². The van der Waals surface area contributed by atoms with Gasteiger partial charge in [-0.15, -0.1) is 0 Å². The van der Waals surface area contributed by atoms with Crippen LogP contribution in [0.2, 0.25) is 0 Å². The summed E-state index contributed by atoms with van der Waals surface area (Å²) in [4.78, 5) is 35.7. The first-order valence-electron chi connectivity index (χ1n) is 10.6. The number of aliphatic carboxylic acids is 3. The van der Waals surface area contributed by atoms with Crippen LogP contribution in [0.5, 0.6) is 0 Å². The summed E-state index contributed by atoms with van der Waals surface area (Å²) < 4.78 is 10.9. The number of hydrogen-bond acceptors (Lipinski definition) is 7. The van der Waals surface area contributed by atoms with E-state index in [-0.39, 0.29) is 12.3 Å². The van der Waals surface area contributed by atoms with Gasteiger partial charge in [0.1, 0.15) is 6.10 Å². The van der Waals surface area contributed by atoms with Crippen LogP contribution in [0.3, 0.4) is 0 Å². The quantitative estimate of drug-likeness (QED) is 0.334. The van der Waals surface area contributed by atoms with E-state index in [1.165, 1.54) is 0 Å². The average molecular weight is 464 g/mol. The fourth-order valence-electron chi connectivity index (χ4n) is 4.80. The van der Waals surface area contributed by atoms with Crippen LogP contribution in [0.1, 0.15) is 38.7 Å². The maximum atomic E-state index is 12.1. The Hall–Kier alpha value is -2.79. The van der Waals surface area contributed by atoms with E-state index in [2.05, 4.69) is 0 Å². The molecule has 0 aromatic heterocycles. The fourth-order valence-corrected chi connectivity index (χ4v) is 4.80. The molecule has 0 saturated carbocycles. The molecule has 0 spiro atoms. The van der Waals surface area contributed by atoms with Gasteiger partial charge >= 0.3 is 17.9 Å². The van der Waals surface area contributed by atoms with Gasteiger partial charge in [0, 0.05) is 12.8 Å². The van der Waals surface area contributed by atoms with Gasteiger partial charge in [0.15, 0.2) is 5.79 Å². The summed E-state index contributed by atoms with van der Waals surface area (Å²) in [6.45, 7) is 3.88. The molecule has 3 rings (SSSR count). The van der Waals surface area contributed by atoms with Gasteiger partial charge in [0.05, 0.1) is 0 Å². The topological polar surface area (TPSA) is 171 Å². The van der Waals surface area contributed by atoms with Crippen molar-refractivity contribution in [2.45, 2.75) is 68.7 Å². The molecule has 1 aromatic carbocycles. The summed E-state index contributed by atoms with van der Waals surface area (Å²) in [7, 11) is 0. The summed E-state index contributed by atoms with van der Waals surface area (Å²) in [5.74, 6) is -7.76. The smallest absolute Gasteiger partial charge is 0.343 e. The van der Waals surface area contributed by atoms with Gasteiger partial charge in [0.25, 0.3) is 0 Å². The Kier molecular flexibility index (Phi) is 6.67. The monoisotopic (exact) mass is 464 g/mol. The molecular formula is C23H28O10. The molecule has 2 aliphatic heterocycles. The van der Waals surface area contributed by atoms with E-state index in [1.807, 2.05) is 50.3 Å². The highest BCUT2D eigenvalue weighted by Gasteiger charge is 2.81. The number of rotatable bonds is 9. The first-order chi connectivity index (χ1) is 15.4. The van der Waals surface area contributed by atoms with E-state index in [4.69, 9.17) is 9.47 Å². The molecule has 0 radical (unpaired) electrons. The molecule has 33 heavy (non-hydrogen) atoms. The first kappa shape index (κ1) is 24.8. The molecule has 0 aliphatic carbocycles. The van der Waals surface area contributed by atoms with Gasteiger partial charge in [0.2, 0.25) is 17.3 Å². The first-order valence-corrected chi connectivity index (χ1v) is 10.6. The second kappa shape index (κ2) is 8.86. The number of fused-ring (bicyclic) bond motifs is 2. The van der Waals surface area contributed by atoms with Crippen LogP contribution in [-0.2, 0) is 30.3 Å². The highest BCUT2D eigenvalue weighted by molar-refractivity contribution is 5.97. The fraction of sp³-hybridized carbons (Fsp3) is 0.522. The molecule has 0 amide bonds. The minimum Gasteiger partial charge on any atom is -0.479 e. The summed E-state index contributed by atoms with van der Waals surface area (Å²) in [5, 5.41) is 50.1. The van der Waals surface area contributed by atoms with E-state index in [0.29, 0.717) is 6.42 Å². The zero-order valence-electron chi connectivity index (χ0n) is 18.3. The lowest BCUT2D eigenvalue weighted by Crippen LogP contribution is -2.77. The second-order valence-corrected chi connectivity index (χ2v) is 8.86. The summed E-state index contributed by atoms with van der Waals surface area (Å²) >= 11 is 0. The standard InChI is InChI=1S/C23H28O10/c1-13(10-14(2)11-15-6-4-3-5-7-15)8-9-21-12-16(24)23(33-21,20(29)30)22(31,19(27)28)17(32-21)18(25)26/h3-7,10,14,16-17,24,31H,8-9,11-12H2,1-2H3,(H,25,26)(H,27,28)(H,29,30)/b13-10+/t14-,16-,17-,21+,22-,23+/m1/s1. The maximum Gasteiger partial charge on any atom is 0.343 e. The summed E-state index contributed by atoms with van der Waals surface area (Å²) in [6, 6.07) is 9.87. The van der Waals surface area contributed by atoms with Crippen molar-refractivity contribution in [1.82, 2.24) is 0 Å². The van der Waals surface area contributed by atoms with Crippen LogP contribution < -0.4 is 0 Å². The van der Waals surface area contributed by atoms with Crippen molar-refractivity contribution in [3.8, 4) is 0 Å². The number of aliphatic hydroxyl groups excluding tert-OH is 1. The molecule has 10 nitrogen and oxygen atoms in total. The molecule has 10 heteroatoms. The Labute approximate surface area is 190 Å². The van der Waals surface area contributed by atoms with Gasteiger partial charge in [-0.3, -0.25) is 0 Å². The Bertz CT molecular complexity index is 959. The van der Waals surface area contributed by atoms with Crippen LogP contribution in [0.4, 0.5) is 0 Å². The van der Waals surface area contributed by atoms with Gasteiger partial charge in [-0.05, 0) is 31.2 Å². The second-order valence-electron chi connectivity index (χ2n) is 8.86. The third-order valence-corrected chi connectivity index (χ3v) is 6.34. The number of carboxylic acid groups (broad SMARTS) is 3. The number of ether oxygens (including phenoxy) is 2. The molecule has 6 atom stereocenters. The van der Waals surface area contributed by atoms with Crippen molar-refractivity contribution in [1.29, 1.82) is 0 Å². The number of benzene rings is 1. The van der Waals surface area contributed by atoms with Crippen LogP contribution >= 0.6 is 0 Å². The largest absolute Gasteiger partial charge is 0.479 e. The molecule has 5 N–H and O–H groups in total. The van der Waals surface area contributed by atoms with E-state index >= 15 is 0 Å². The van der Waals surface area contributed by atoms with Crippen molar-refractivity contribution in [3.63, 3.8) is 0 Å². The van der Waals surface area contributed by atoms with Crippen LogP contribution in [-0.4, -0.2) is 72.6 Å². The number of hydrogen-bond donors (Lipinski definition) is 5. The van der Waals surface area contributed by atoms with Crippen molar-refractivity contribution >= 4 is 17.9 Å². The third-order valence-electron chi connectivity index (χ3n) is 6.34. The van der Waals surface area contributed by atoms with E-state index in [0.717, 1.165) is 17.6 Å². The molecule has 2 saturated heterocycles. The van der Waals surface area contributed by atoms with Crippen LogP contribution in [0.15, 0.2) is 42.0 Å². The number of carbonyl (C=O) groups is 3. The minimum atomic E-state index is -3.54. The Morgan fingerprint density at radius 2 is 1.79 bits per heavy atom. The van der Waals surface area contributed by atoms with Crippen molar-refractivity contribution < 1.29 is 49.4 Å².